The predicted octanol–water partition coefficient (Wildman–Crippen LogP) is 0.0405. The molecule has 108 valence electrons. The number of carbonyl (C=O) groups excluding carboxylic acids is 1. The maximum absolute atomic E-state index is 12.2. The lowest BCUT2D eigenvalue weighted by Crippen LogP contribution is -2.33. The summed E-state index contributed by atoms with van der Waals surface area (Å²) in [5.41, 5.74) is 0.120. The van der Waals surface area contributed by atoms with E-state index in [0.717, 1.165) is 0 Å². The molecule has 20 heavy (non-hydrogen) atoms. The normalized spacial score (nSPS) is 18.3. The Morgan fingerprint density at radius 3 is 2.55 bits per heavy atom. The van der Waals surface area contributed by atoms with Gasteiger partial charge in [0.05, 0.1) is 17.1 Å². The van der Waals surface area contributed by atoms with Crippen molar-refractivity contribution in [3.05, 3.63) is 29.6 Å². The Morgan fingerprint density at radius 2 is 1.95 bits per heavy atom. The zero-order chi connectivity index (χ0) is 14.8. The van der Waals surface area contributed by atoms with Crippen LogP contribution in [-0.2, 0) is 9.84 Å². The van der Waals surface area contributed by atoms with Gasteiger partial charge in [0.2, 0.25) is 0 Å². The van der Waals surface area contributed by atoms with Crippen LogP contribution in [-0.4, -0.2) is 59.9 Å². The summed E-state index contributed by atoms with van der Waals surface area (Å²) in [5.74, 6) is -1.44. The average molecular weight is 298 g/mol. The van der Waals surface area contributed by atoms with Crippen LogP contribution in [0.3, 0.4) is 0 Å². The van der Waals surface area contributed by atoms with Gasteiger partial charge >= 0.3 is 5.97 Å². The molecule has 0 bridgehead atoms. The van der Waals surface area contributed by atoms with Crippen LogP contribution in [0.4, 0.5) is 0 Å². The summed E-state index contributed by atoms with van der Waals surface area (Å²) in [7, 11) is -3.07. The fourth-order valence-electron chi connectivity index (χ4n) is 1.97. The number of pyridine rings is 1. The maximum Gasteiger partial charge on any atom is 0.354 e. The molecular formula is C12H14N2O5S. The number of hydrogen-bond acceptors (Lipinski definition) is 5. The Balaban J connectivity index is 2.12. The number of sulfone groups is 1. The Kier molecular flexibility index (Phi) is 4.03. The van der Waals surface area contributed by atoms with Gasteiger partial charge in [-0.15, -0.1) is 0 Å². The van der Waals surface area contributed by atoms with E-state index >= 15 is 0 Å². The van der Waals surface area contributed by atoms with Crippen LogP contribution in [0.15, 0.2) is 18.3 Å². The molecular weight excluding hydrogens is 284 g/mol. The highest BCUT2D eigenvalue weighted by atomic mass is 32.2. The number of hydrogen-bond donors (Lipinski definition) is 1. The fourth-order valence-corrected chi connectivity index (χ4v) is 3.24. The molecule has 1 aliphatic rings. The van der Waals surface area contributed by atoms with Gasteiger partial charge in [0, 0.05) is 19.3 Å². The van der Waals surface area contributed by atoms with E-state index in [1.54, 1.807) is 0 Å². The first-order chi connectivity index (χ1) is 9.39. The highest BCUT2D eigenvalue weighted by Gasteiger charge is 2.23. The minimum Gasteiger partial charge on any atom is -0.477 e. The van der Waals surface area contributed by atoms with Crippen molar-refractivity contribution in [2.75, 3.05) is 24.6 Å². The summed E-state index contributed by atoms with van der Waals surface area (Å²) in [5, 5.41) is 8.73. The lowest BCUT2D eigenvalue weighted by Gasteiger charge is -2.19. The van der Waals surface area contributed by atoms with Gasteiger partial charge in [0.15, 0.2) is 9.84 Å². The minimum absolute atomic E-state index is 0.0423. The second-order valence-electron chi connectivity index (χ2n) is 4.53. The quantitative estimate of drug-likeness (QED) is 0.826. The highest BCUT2D eigenvalue weighted by Crippen LogP contribution is 2.10. The van der Waals surface area contributed by atoms with Crippen molar-refractivity contribution in [3.8, 4) is 0 Å². The summed E-state index contributed by atoms with van der Waals surface area (Å²) in [6.45, 7) is 0.528. The Bertz CT molecular complexity index is 624. The van der Waals surface area contributed by atoms with Crippen LogP contribution in [0.1, 0.15) is 27.3 Å². The molecule has 0 saturated carbocycles. The van der Waals surface area contributed by atoms with Gasteiger partial charge in [-0.05, 0) is 18.6 Å². The fraction of sp³-hybridized carbons (Fsp3) is 0.417. The molecule has 0 radical (unpaired) electrons. The average Bonchev–Trinajstić information content (AvgIpc) is 2.59. The van der Waals surface area contributed by atoms with Gasteiger partial charge in [-0.2, -0.15) is 0 Å². The third-order valence-electron chi connectivity index (χ3n) is 3.07. The maximum atomic E-state index is 12.2. The molecule has 0 unspecified atom stereocenters. The molecule has 1 fully saturated rings. The highest BCUT2D eigenvalue weighted by molar-refractivity contribution is 7.91. The summed E-state index contributed by atoms with van der Waals surface area (Å²) in [6, 6.07) is 2.64. The van der Waals surface area contributed by atoms with Crippen molar-refractivity contribution in [2.24, 2.45) is 0 Å². The lowest BCUT2D eigenvalue weighted by atomic mass is 10.2. The van der Waals surface area contributed by atoms with E-state index in [1.807, 2.05) is 0 Å². The van der Waals surface area contributed by atoms with Crippen LogP contribution in [0.25, 0.3) is 0 Å². The molecule has 1 aromatic rings. The largest absolute Gasteiger partial charge is 0.477 e. The molecule has 0 atom stereocenters. The van der Waals surface area contributed by atoms with E-state index in [0.29, 0.717) is 13.0 Å². The van der Waals surface area contributed by atoms with Gasteiger partial charge in [-0.3, -0.25) is 4.79 Å². The molecule has 1 saturated heterocycles. The van der Waals surface area contributed by atoms with Crippen molar-refractivity contribution in [2.45, 2.75) is 6.42 Å². The van der Waals surface area contributed by atoms with Crippen molar-refractivity contribution in [1.82, 2.24) is 9.88 Å². The molecule has 0 aliphatic carbocycles. The Hall–Kier alpha value is -1.96. The van der Waals surface area contributed by atoms with Crippen LogP contribution in [0.5, 0.6) is 0 Å². The summed E-state index contributed by atoms with van der Waals surface area (Å²) < 4.78 is 23.0. The van der Waals surface area contributed by atoms with E-state index in [-0.39, 0.29) is 35.2 Å². The van der Waals surface area contributed by atoms with Crippen LogP contribution < -0.4 is 0 Å². The van der Waals surface area contributed by atoms with E-state index in [4.69, 9.17) is 5.11 Å². The molecule has 0 spiro atoms. The first kappa shape index (κ1) is 14.4. The third kappa shape index (κ3) is 3.32. The standard InChI is InChI=1S/C12H14N2O5S/c15-11(9-2-3-10(12(16)17)13-8-9)14-4-1-6-20(18,19)7-5-14/h2-3,8H,1,4-7H2,(H,16,17). The van der Waals surface area contributed by atoms with Gasteiger partial charge < -0.3 is 10.0 Å². The molecule has 2 rings (SSSR count). The second-order valence-corrected chi connectivity index (χ2v) is 6.84. The minimum atomic E-state index is -3.07. The van der Waals surface area contributed by atoms with Crippen LogP contribution in [0.2, 0.25) is 0 Å². The van der Waals surface area contributed by atoms with Crippen LogP contribution >= 0.6 is 0 Å². The van der Waals surface area contributed by atoms with E-state index in [2.05, 4.69) is 4.98 Å². The van der Waals surface area contributed by atoms with Crippen molar-refractivity contribution in [3.63, 3.8) is 0 Å². The van der Waals surface area contributed by atoms with Gasteiger partial charge in [-0.25, -0.2) is 18.2 Å². The molecule has 2 heterocycles. The molecule has 8 heteroatoms. The molecule has 1 aromatic heterocycles. The summed E-state index contributed by atoms with van der Waals surface area (Å²) >= 11 is 0. The van der Waals surface area contributed by atoms with E-state index in [9.17, 15) is 18.0 Å². The van der Waals surface area contributed by atoms with Gasteiger partial charge in [0.1, 0.15) is 5.69 Å². The Morgan fingerprint density at radius 1 is 1.20 bits per heavy atom. The van der Waals surface area contributed by atoms with Crippen molar-refractivity contribution < 1.29 is 23.1 Å². The monoisotopic (exact) mass is 298 g/mol. The molecule has 1 amide bonds. The first-order valence-corrected chi connectivity index (χ1v) is 7.90. The number of aromatic nitrogens is 1. The zero-order valence-electron chi connectivity index (χ0n) is 10.7. The number of nitrogens with zero attached hydrogens (tertiary/aromatic N) is 2. The van der Waals surface area contributed by atoms with E-state index in [1.165, 1.54) is 23.2 Å². The predicted molar refractivity (Wildman–Crippen MR) is 70.4 cm³/mol. The number of aromatic carboxylic acids is 1. The SMILES string of the molecule is O=C(O)c1ccc(C(=O)N2CCCS(=O)(=O)CC2)cn1. The van der Waals surface area contributed by atoms with Crippen molar-refractivity contribution >= 4 is 21.7 Å². The van der Waals surface area contributed by atoms with E-state index < -0.39 is 15.8 Å². The lowest BCUT2D eigenvalue weighted by molar-refractivity contribution is 0.0687. The topological polar surface area (TPSA) is 105 Å². The Labute approximate surface area is 116 Å². The number of carboxylic acid groups (broad SMARTS) is 1. The third-order valence-corrected chi connectivity index (χ3v) is 4.79. The number of carbonyl (C=O) groups is 2. The number of carboxylic acids is 1. The smallest absolute Gasteiger partial charge is 0.354 e. The number of amides is 1. The second kappa shape index (κ2) is 5.58. The summed E-state index contributed by atoms with van der Waals surface area (Å²) in [4.78, 5) is 28.0. The first-order valence-electron chi connectivity index (χ1n) is 6.08. The van der Waals surface area contributed by atoms with Gasteiger partial charge in [0.25, 0.3) is 5.91 Å². The zero-order valence-corrected chi connectivity index (χ0v) is 11.5. The molecule has 7 nitrogen and oxygen atoms in total. The molecule has 1 N–H and O–H groups in total. The van der Waals surface area contributed by atoms with Gasteiger partial charge in [-0.1, -0.05) is 0 Å². The van der Waals surface area contributed by atoms with Crippen molar-refractivity contribution in [1.29, 1.82) is 0 Å². The van der Waals surface area contributed by atoms with Crippen LogP contribution in [0, 0.1) is 0 Å². The number of rotatable bonds is 2. The molecule has 1 aliphatic heterocycles. The summed E-state index contributed by atoms with van der Waals surface area (Å²) in [6.07, 6.45) is 1.61. The molecule has 0 aromatic carbocycles.